The van der Waals surface area contributed by atoms with Crippen molar-refractivity contribution in [3.8, 4) is 18.3 Å². The summed E-state index contributed by atoms with van der Waals surface area (Å²) in [5, 5.41) is 3.47. The van der Waals surface area contributed by atoms with E-state index in [0.29, 0.717) is 11.3 Å². The maximum Gasteiger partial charge on any atom is 0.275 e. The van der Waals surface area contributed by atoms with Gasteiger partial charge < -0.3 is 9.47 Å². The van der Waals surface area contributed by atoms with Crippen LogP contribution in [-0.2, 0) is 4.74 Å². The van der Waals surface area contributed by atoms with E-state index in [1.807, 2.05) is 6.11 Å². The molecule has 0 aliphatic heterocycles. The summed E-state index contributed by atoms with van der Waals surface area (Å²) in [5.74, 6) is 0.0578. The Kier molecular flexibility index (Phi) is 4.41. The Hall–Kier alpha value is -2.48. The van der Waals surface area contributed by atoms with Crippen LogP contribution in [0.5, 0.6) is 5.75 Å². The van der Waals surface area contributed by atoms with Gasteiger partial charge in [0.15, 0.2) is 0 Å². The van der Waals surface area contributed by atoms with Gasteiger partial charge in [0.2, 0.25) is 6.40 Å². The molecule has 5 nitrogen and oxygen atoms in total. The molecule has 0 saturated carbocycles. The van der Waals surface area contributed by atoms with Gasteiger partial charge in [-0.25, -0.2) is 5.43 Å². The number of rotatable bonds is 4. The number of nitrogens with one attached hydrogen (secondary N) is 1. The molecule has 0 aromatic heterocycles. The van der Waals surface area contributed by atoms with Crippen molar-refractivity contribution in [2.75, 3.05) is 7.11 Å². The number of nitrogens with zero attached hydrogens (tertiary/aromatic N) is 1. The van der Waals surface area contributed by atoms with Crippen molar-refractivity contribution in [3.05, 3.63) is 29.8 Å². The molecule has 0 spiro atoms. The lowest BCUT2D eigenvalue weighted by atomic mass is 10.2. The van der Waals surface area contributed by atoms with Crippen molar-refractivity contribution in [2.45, 2.75) is 0 Å². The zero-order valence-electron chi connectivity index (χ0n) is 8.64. The van der Waals surface area contributed by atoms with Crippen LogP contribution in [0.2, 0.25) is 0 Å². The highest BCUT2D eigenvalue weighted by Crippen LogP contribution is 2.16. The standard InChI is InChI=1S/C11H10N2O3/c1-3-16-8-12-13-11(14)9-6-4-5-7-10(9)15-2/h1,4-8H,2H3,(H,13,14). The summed E-state index contributed by atoms with van der Waals surface area (Å²) >= 11 is 0. The van der Waals surface area contributed by atoms with Gasteiger partial charge in [-0.05, 0) is 12.1 Å². The van der Waals surface area contributed by atoms with Crippen molar-refractivity contribution in [1.29, 1.82) is 0 Å². The van der Waals surface area contributed by atoms with Crippen molar-refractivity contribution in [3.63, 3.8) is 0 Å². The first-order valence-corrected chi connectivity index (χ1v) is 4.35. The molecular formula is C11H10N2O3. The first kappa shape index (κ1) is 11.6. The number of carbonyl (C=O) groups is 1. The molecule has 1 aromatic rings. The molecular weight excluding hydrogens is 208 g/mol. The number of para-hydroxylation sites is 1. The zero-order chi connectivity index (χ0) is 11.8. The fourth-order valence-electron chi connectivity index (χ4n) is 1.03. The van der Waals surface area contributed by atoms with Crippen molar-refractivity contribution >= 4 is 12.3 Å². The minimum absolute atomic E-state index is 0.378. The monoisotopic (exact) mass is 218 g/mol. The summed E-state index contributed by atoms with van der Waals surface area (Å²) in [5.41, 5.74) is 2.62. The fourth-order valence-corrected chi connectivity index (χ4v) is 1.03. The van der Waals surface area contributed by atoms with Gasteiger partial charge in [-0.1, -0.05) is 18.6 Å². The Balaban J connectivity index is 2.70. The third kappa shape index (κ3) is 3.03. The van der Waals surface area contributed by atoms with Crippen molar-refractivity contribution in [1.82, 2.24) is 5.43 Å². The second-order valence-electron chi connectivity index (χ2n) is 2.61. The maximum absolute atomic E-state index is 11.6. The molecule has 0 aliphatic carbocycles. The molecule has 0 atom stereocenters. The average molecular weight is 218 g/mol. The van der Waals surface area contributed by atoms with Gasteiger partial charge in [0.25, 0.3) is 5.91 Å². The molecule has 0 radical (unpaired) electrons. The molecule has 82 valence electrons. The lowest BCUT2D eigenvalue weighted by Crippen LogP contribution is -2.18. The SMILES string of the molecule is C#COC=NNC(=O)c1ccccc1OC. The van der Waals surface area contributed by atoms with Crippen LogP contribution in [0.25, 0.3) is 0 Å². The van der Waals surface area contributed by atoms with Crippen molar-refractivity contribution in [2.24, 2.45) is 5.10 Å². The van der Waals surface area contributed by atoms with Gasteiger partial charge in [-0.3, -0.25) is 4.79 Å². The molecule has 0 aliphatic rings. The van der Waals surface area contributed by atoms with E-state index < -0.39 is 5.91 Å². The largest absolute Gasteiger partial charge is 0.496 e. The third-order valence-electron chi connectivity index (χ3n) is 1.69. The molecule has 5 heteroatoms. The first-order chi connectivity index (χ1) is 7.79. The number of methoxy groups -OCH3 is 1. The smallest absolute Gasteiger partial charge is 0.275 e. The Morgan fingerprint density at radius 2 is 2.31 bits per heavy atom. The van der Waals surface area contributed by atoms with Gasteiger partial charge in [-0.2, -0.15) is 0 Å². The van der Waals surface area contributed by atoms with E-state index in [9.17, 15) is 4.79 Å². The van der Waals surface area contributed by atoms with Gasteiger partial charge in [0.05, 0.1) is 12.7 Å². The number of ether oxygens (including phenoxy) is 2. The predicted octanol–water partition coefficient (Wildman–Crippen LogP) is 0.976. The van der Waals surface area contributed by atoms with Crippen LogP contribution in [0.3, 0.4) is 0 Å². The highest BCUT2D eigenvalue weighted by molar-refractivity contribution is 5.96. The topological polar surface area (TPSA) is 59.9 Å². The molecule has 1 amide bonds. The summed E-state index contributed by atoms with van der Waals surface area (Å²) < 4.78 is 9.38. The number of hydrogen-bond donors (Lipinski definition) is 1. The molecule has 0 fully saturated rings. The highest BCUT2D eigenvalue weighted by Gasteiger charge is 2.09. The van der Waals surface area contributed by atoms with E-state index in [4.69, 9.17) is 11.2 Å². The maximum atomic E-state index is 11.6. The number of hydrogen-bond acceptors (Lipinski definition) is 4. The second-order valence-corrected chi connectivity index (χ2v) is 2.61. The lowest BCUT2D eigenvalue weighted by Gasteiger charge is -2.05. The van der Waals surface area contributed by atoms with Crippen LogP contribution < -0.4 is 10.2 Å². The molecule has 0 unspecified atom stereocenters. The highest BCUT2D eigenvalue weighted by atomic mass is 16.5. The molecule has 1 N–H and O–H groups in total. The van der Waals surface area contributed by atoms with E-state index in [2.05, 4.69) is 15.3 Å². The lowest BCUT2D eigenvalue weighted by molar-refractivity contribution is 0.0951. The molecule has 0 heterocycles. The zero-order valence-corrected chi connectivity index (χ0v) is 8.64. The van der Waals surface area contributed by atoms with Crippen LogP contribution in [0, 0.1) is 12.5 Å². The van der Waals surface area contributed by atoms with E-state index in [1.54, 1.807) is 24.3 Å². The normalized spacial score (nSPS) is 9.50. The van der Waals surface area contributed by atoms with Gasteiger partial charge in [0, 0.05) is 0 Å². The third-order valence-corrected chi connectivity index (χ3v) is 1.69. The molecule has 0 bridgehead atoms. The number of carbonyl (C=O) groups excluding carboxylic acids is 1. The molecule has 0 saturated heterocycles. The number of amides is 1. The van der Waals surface area contributed by atoms with Crippen LogP contribution in [0.4, 0.5) is 0 Å². The van der Waals surface area contributed by atoms with Crippen LogP contribution in [0.1, 0.15) is 10.4 Å². The predicted molar refractivity (Wildman–Crippen MR) is 58.9 cm³/mol. The summed E-state index contributed by atoms with van der Waals surface area (Å²) in [6, 6.07) is 6.78. The van der Waals surface area contributed by atoms with E-state index in [1.165, 1.54) is 7.11 Å². The van der Waals surface area contributed by atoms with Crippen LogP contribution in [0.15, 0.2) is 29.4 Å². The number of terminal acetylenes is 1. The Morgan fingerprint density at radius 1 is 1.56 bits per heavy atom. The van der Waals surface area contributed by atoms with E-state index in [0.717, 1.165) is 6.40 Å². The van der Waals surface area contributed by atoms with Gasteiger partial charge >= 0.3 is 0 Å². The average Bonchev–Trinajstić information content (AvgIpc) is 2.34. The fraction of sp³-hybridized carbons (Fsp3) is 0.0909. The summed E-state index contributed by atoms with van der Waals surface area (Å²) in [7, 11) is 1.48. The Bertz CT molecular complexity index is 435. The number of benzene rings is 1. The minimum Gasteiger partial charge on any atom is -0.496 e. The second kappa shape index (κ2) is 6.09. The van der Waals surface area contributed by atoms with E-state index in [-0.39, 0.29) is 0 Å². The summed E-state index contributed by atoms with van der Waals surface area (Å²) in [4.78, 5) is 11.6. The summed E-state index contributed by atoms with van der Waals surface area (Å²) in [6.45, 7) is 0. The Labute approximate surface area is 93.1 Å². The van der Waals surface area contributed by atoms with Gasteiger partial charge in [0.1, 0.15) is 11.9 Å². The van der Waals surface area contributed by atoms with E-state index >= 15 is 0 Å². The number of hydrazone groups is 1. The molecule has 1 aromatic carbocycles. The van der Waals surface area contributed by atoms with Crippen LogP contribution >= 0.6 is 0 Å². The molecule has 16 heavy (non-hydrogen) atoms. The van der Waals surface area contributed by atoms with Crippen LogP contribution in [-0.4, -0.2) is 19.4 Å². The quantitative estimate of drug-likeness (QED) is 0.354. The molecule has 1 rings (SSSR count). The van der Waals surface area contributed by atoms with Gasteiger partial charge in [-0.15, -0.1) is 5.10 Å². The van der Waals surface area contributed by atoms with Crippen molar-refractivity contribution < 1.29 is 14.3 Å². The minimum atomic E-state index is -0.408. The first-order valence-electron chi connectivity index (χ1n) is 4.35. The Morgan fingerprint density at radius 3 is 3.00 bits per heavy atom. The summed E-state index contributed by atoms with van der Waals surface area (Å²) in [6.07, 6.45) is 7.64.